The van der Waals surface area contributed by atoms with Crippen molar-refractivity contribution in [1.82, 2.24) is 0 Å². The molecule has 0 radical (unpaired) electrons. The number of hydrogen-bond donors (Lipinski definition) is 1. The molecule has 0 aliphatic rings. The predicted octanol–water partition coefficient (Wildman–Crippen LogP) is 1.69. The zero-order chi connectivity index (χ0) is 9.14. The van der Waals surface area contributed by atoms with Crippen LogP contribution in [0, 0.1) is 24.1 Å². The molecule has 0 aromatic heterocycles. The van der Waals surface area contributed by atoms with Gasteiger partial charge in [0.15, 0.2) is 6.10 Å². The van der Waals surface area contributed by atoms with Crippen LogP contribution in [0.4, 0.5) is 4.39 Å². The number of nitriles is 1. The molecule has 0 bridgehead atoms. The number of aryl methyl sites for hydroxylation is 1. The van der Waals surface area contributed by atoms with Gasteiger partial charge in [0.1, 0.15) is 5.82 Å². The highest BCUT2D eigenvalue weighted by atomic mass is 19.1. The van der Waals surface area contributed by atoms with Crippen molar-refractivity contribution in [3.05, 3.63) is 35.1 Å². The first-order valence-corrected chi connectivity index (χ1v) is 3.49. The first-order chi connectivity index (χ1) is 5.65. The molecular weight excluding hydrogens is 157 g/mol. The molecule has 0 saturated heterocycles. The van der Waals surface area contributed by atoms with Gasteiger partial charge in [-0.2, -0.15) is 5.26 Å². The lowest BCUT2D eigenvalue weighted by atomic mass is 10.0. The second-order valence-corrected chi connectivity index (χ2v) is 2.53. The Morgan fingerprint density at radius 3 is 2.75 bits per heavy atom. The molecule has 2 nitrogen and oxygen atoms in total. The summed E-state index contributed by atoms with van der Waals surface area (Å²) in [6, 6.07) is 5.60. The van der Waals surface area contributed by atoms with Crippen molar-refractivity contribution in [2.45, 2.75) is 13.0 Å². The highest BCUT2D eigenvalue weighted by Crippen LogP contribution is 2.17. The van der Waals surface area contributed by atoms with E-state index in [1.165, 1.54) is 18.2 Å². The van der Waals surface area contributed by atoms with E-state index in [0.717, 1.165) is 0 Å². The molecule has 12 heavy (non-hydrogen) atoms. The SMILES string of the molecule is Cc1cc(F)ccc1C(O)C#N. The second-order valence-electron chi connectivity index (χ2n) is 2.53. The molecule has 1 unspecified atom stereocenters. The maximum Gasteiger partial charge on any atom is 0.166 e. The van der Waals surface area contributed by atoms with E-state index in [1.807, 2.05) is 0 Å². The Bertz CT molecular complexity index is 330. The van der Waals surface area contributed by atoms with Crippen LogP contribution in [0.5, 0.6) is 0 Å². The van der Waals surface area contributed by atoms with Crippen LogP contribution in [0.25, 0.3) is 0 Å². The normalized spacial score (nSPS) is 12.2. The van der Waals surface area contributed by atoms with Gasteiger partial charge in [-0.05, 0) is 30.2 Å². The molecule has 0 fully saturated rings. The summed E-state index contributed by atoms with van der Waals surface area (Å²) in [7, 11) is 0. The molecule has 0 spiro atoms. The van der Waals surface area contributed by atoms with Crippen molar-refractivity contribution in [1.29, 1.82) is 5.26 Å². The van der Waals surface area contributed by atoms with Crippen molar-refractivity contribution < 1.29 is 9.50 Å². The van der Waals surface area contributed by atoms with Crippen LogP contribution in [-0.4, -0.2) is 5.11 Å². The largest absolute Gasteiger partial charge is 0.374 e. The first kappa shape index (κ1) is 8.69. The molecule has 3 heteroatoms. The molecule has 0 aliphatic carbocycles. The minimum atomic E-state index is -1.16. The number of aliphatic hydroxyl groups excluding tert-OH is 1. The van der Waals surface area contributed by atoms with Gasteiger partial charge in [0.2, 0.25) is 0 Å². The number of halogens is 1. The van der Waals surface area contributed by atoms with Gasteiger partial charge in [-0.1, -0.05) is 6.07 Å². The van der Waals surface area contributed by atoms with Crippen LogP contribution in [0.15, 0.2) is 18.2 Å². The Morgan fingerprint density at radius 2 is 2.25 bits per heavy atom. The van der Waals surface area contributed by atoms with Crippen LogP contribution in [0.3, 0.4) is 0 Å². The molecule has 0 saturated carbocycles. The van der Waals surface area contributed by atoms with E-state index in [1.54, 1.807) is 13.0 Å². The Balaban J connectivity index is 3.11. The third kappa shape index (κ3) is 1.60. The van der Waals surface area contributed by atoms with Crippen molar-refractivity contribution in [3.63, 3.8) is 0 Å². The fourth-order valence-corrected chi connectivity index (χ4v) is 1.02. The maximum atomic E-state index is 12.6. The van der Waals surface area contributed by atoms with Gasteiger partial charge in [0, 0.05) is 0 Å². The molecule has 0 heterocycles. The lowest BCUT2D eigenvalue weighted by molar-refractivity contribution is 0.235. The van der Waals surface area contributed by atoms with E-state index in [-0.39, 0.29) is 5.82 Å². The Hall–Kier alpha value is -1.40. The van der Waals surface area contributed by atoms with Crippen LogP contribution < -0.4 is 0 Å². The average molecular weight is 165 g/mol. The standard InChI is InChI=1S/C9H8FNO/c1-6-4-7(10)2-3-8(6)9(12)5-11/h2-4,9,12H,1H3. The summed E-state index contributed by atoms with van der Waals surface area (Å²) in [5, 5.41) is 17.5. The Kier molecular flexibility index (Phi) is 2.41. The van der Waals surface area contributed by atoms with E-state index in [4.69, 9.17) is 10.4 Å². The smallest absolute Gasteiger partial charge is 0.166 e. The van der Waals surface area contributed by atoms with E-state index in [0.29, 0.717) is 11.1 Å². The number of nitrogens with zero attached hydrogens (tertiary/aromatic N) is 1. The van der Waals surface area contributed by atoms with Crippen LogP contribution in [-0.2, 0) is 0 Å². The Labute approximate surface area is 69.9 Å². The Morgan fingerprint density at radius 1 is 1.58 bits per heavy atom. The molecule has 0 amide bonds. The fraction of sp³-hybridized carbons (Fsp3) is 0.222. The lowest BCUT2D eigenvalue weighted by Gasteiger charge is -2.05. The van der Waals surface area contributed by atoms with Gasteiger partial charge in [0.25, 0.3) is 0 Å². The second kappa shape index (κ2) is 3.33. The van der Waals surface area contributed by atoms with Crippen molar-refractivity contribution in [2.75, 3.05) is 0 Å². The van der Waals surface area contributed by atoms with E-state index in [2.05, 4.69) is 0 Å². The predicted molar refractivity (Wildman–Crippen MR) is 41.7 cm³/mol. The number of rotatable bonds is 1. The van der Waals surface area contributed by atoms with Crippen molar-refractivity contribution in [3.8, 4) is 6.07 Å². The summed E-state index contributed by atoms with van der Waals surface area (Å²) in [4.78, 5) is 0. The van der Waals surface area contributed by atoms with Crippen molar-refractivity contribution in [2.24, 2.45) is 0 Å². The molecule has 62 valence electrons. The minimum absolute atomic E-state index is 0.360. The lowest BCUT2D eigenvalue weighted by Crippen LogP contribution is -1.96. The van der Waals surface area contributed by atoms with Crippen molar-refractivity contribution >= 4 is 0 Å². The summed E-state index contributed by atoms with van der Waals surface area (Å²) in [5.74, 6) is -0.360. The van der Waals surface area contributed by atoms with Gasteiger partial charge < -0.3 is 5.11 Å². The minimum Gasteiger partial charge on any atom is -0.374 e. The zero-order valence-corrected chi connectivity index (χ0v) is 6.58. The highest BCUT2D eigenvalue weighted by molar-refractivity contribution is 5.31. The molecule has 1 N–H and O–H groups in total. The van der Waals surface area contributed by atoms with Gasteiger partial charge >= 0.3 is 0 Å². The van der Waals surface area contributed by atoms with Crippen LogP contribution in [0.1, 0.15) is 17.2 Å². The monoisotopic (exact) mass is 165 g/mol. The number of aliphatic hydroxyl groups is 1. The molecule has 0 aliphatic heterocycles. The summed E-state index contributed by atoms with van der Waals surface area (Å²) in [5.41, 5.74) is 1.04. The summed E-state index contributed by atoms with van der Waals surface area (Å²) < 4.78 is 12.6. The number of benzene rings is 1. The summed E-state index contributed by atoms with van der Waals surface area (Å²) >= 11 is 0. The summed E-state index contributed by atoms with van der Waals surface area (Å²) in [6.45, 7) is 1.65. The third-order valence-corrected chi connectivity index (χ3v) is 1.65. The van der Waals surface area contributed by atoms with Gasteiger partial charge in [0.05, 0.1) is 6.07 Å². The van der Waals surface area contributed by atoms with Crippen LogP contribution in [0.2, 0.25) is 0 Å². The molecule has 1 aromatic carbocycles. The molecule has 1 rings (SSSR count). The quantitative estimate of drug-likeness (QED) is 0.643. The van der Waals surface area contributed by atoms with E-state index < -0.39 is 6.10 Å². The fourth-order valence-electron chi connectivity index (χ4n) is 1.02. The number of hydrogen-bond acceptors (Lipinski definition) is 2. The van der Waals surface area contributed by atoms with Gasteiger partial charge in [-0.15, -0.1) is 0 Å². The third-order valence-electron chi connectivity index (χ3n) is 1.65. The highest BCUT2D eigenvalue weighted by Gasteiger charge is 2.08. The topological polar surface area (TPSA) is 44.0 Å². The first-order valence-electron chi connectivity index (χ1n) is 3.49. The molecule has 1 aromatic rings. The molecule has 1 atom stereocenters. The maximum absolute atomic E-state index is 12.6. The molecular formula is C9H8FNO. The van der Waals surface area contributed by atoms with Gasteiger partial charge in [-0.25, -0.2) is 4.39 Å². The zero-order valence-electron chi connectivity index (χ0n) is 6.58. The van der Waals surface area contributed by atoms with Crippen LogP contribution >= 0.6 is 0 Å². The van der Waals surface area contributed by atoms with E-state index >= 15 is 0 Å². The van der Waals surface area contributed by atoms with E-state index in [9.17, 15) is 4.39 Å². The summed E-state index contributed by atoms with van der Waals surface area (Å²) in [6.07, 6.45) is -1.16. The van der Waals surface area contributed by atoms with Gasteiger partial charge in [-0.3, -0.25) is 0 Å². The average Bonchev–Trinajstić information content (AvgIpc) is 2.03.